The monoisotopic (exact) mass is 275 g/mol. The summed E-state index contributed by atoms with van der Waals surface area (Å²) in [5, 5.41) is 9.55. The quantitative estimate of drug-likeness (QED) is 0.843. The lowest BCUT2D eigenvalue weighted by Crippen LogP contribution is -1.98. The SMILES string of the molecule is N#Cc1ccc(F)cc1COCc1ccccc1Cl. The number of benzene rings is 2. The lowest BCUT2D eigenvalue weighted by molar-refractivity contribution is 0.107. The van der Waals surface area contributed by atoms with Gasteiger partial charge in [-0.3, -0.25) is 0 Å². The summed E-state index contributed by atoms with van der Waals surface area (Å²) in [6, 6.07) is 13.4. The Morgan fingerprint density at radius 3 is 2.58 bits per heavy atom. The molecule has 0 aliphatic carbocycles. The number of rotatable bonds is 4. The number of ether oxygens (including phenoxy) is 1. The minimum Gasteiger partial charge on any atom is -0.372 e. The zero-order valence-electron chi connectivity index (χ0n) is 10.1. The van der Waals surface area contributed by atoms with Crippen molar-refractivity contribution in [2.75, 3.05) is 0 Å². The molecule has 0 radical (unpaired) electrons. The normalized spacial score (nSPS) is 10.2. The molecule has 0 saturated carbocycles. The van der Waals surface area contributed by atoms with Gasteiger partial charge in [-0.15, -0.1) is 0 Å². The fourth-order valence-electron chi connectivity index (χ4n) is 1.68. The van der Waals surface area contributed by atoms with Crippen molar-refractivity contribution in [1.82, 2.24) is 0 Å². The van der Waals surface area contributed by atoms with Gasteiger partial charge in [-0.1, -0.05) is 29.8 Å². The van der Waals surface area contributed by atoms with E-state index in [1.807, 2.05) is 24.3 Å². The Kier molecular flexibility index (Phi) is 4.51. The van der Waals surface area contributed by atoms with Crippen LogP contribution >= 0.6 is 11.6 Å². The molecule has 0 bridgehead atoms. The van der Waals surface area contributed by atoms with Crippen LogP contribution in [0.4, 0.5) is 4.39 Å². The van der Waals surface area contributed by atoms with Crippen LogP contribution in [0.3, 0.4) is 0 Å². The van der Waals surface area contributed by atoms with E-state index in [2.05, 4.69) is 0 Å². The van der Waals surface area contributed by atoms with Crippen LogP contribution in [0.25, 0.3) is 0 Å². The number of hydrogen-bond donors (Lipinski definition) is 0. The van der Waals surface area contributed by atoms with Crippen LogP contribution < -0.4 is 0 Å². The van der Waals surface area contributed by atoms with Crippen molar-refractivity contribution in [2.45, 2.75) is 13.2 Å². The smallest absolute Gasteiger partial charge is 0.123 e. The Labute approximate surface area is 116 Å². The van der Waals surface area contributed by atoms with Crippen molar-refractivity contribution in [3.8, 4) is 6.07 Å². The molecule has 0 atom stereocenters. The highest BCUT2D eigenvalue weighted by atomic mass is 35.5. The second-order valence-electron chi connectivity index (χ2n) is 4.00. The van der Waals surface area contributed by atoms with E-state index in [-0.39, 0.29) is 12.4 Å². The van der Waals surface area contributed by atoms with E-state index in [0.717, 1.165) is 5.56 Å². The molecule has 0 aliphatic heterocycles. The molecule has 0 heterocycles. The van der Waals surface area contributed by atoms with Gasteiger partial charge in [0, 0.05) is 5.02 Å². The zero-order valence-corrected chi connectivity index (χ0v) is 10.8. The molecule has 0 fully saturated rings. The van der Waals surface area contributed by atoms with E-state index in [1.54, 1.807) is 6.07 Å². The fraction of sp³-hybridized carbons (Fsp3) is 0.133. The number of hydrogen-bond acceptors (Lipinski definition) is 2. The Hall–Kier alpha value is -1.89. The van der Waals surface area contributed by atoms with Gasteiger partial charge in [0.25, 0.3) is 0 Å². The molecule has 2 nitrogen and oxygen atoms in total. The predicted molar refractivity (Wildman–Crippen MR) is 71.1 cm³/mol. The summed E-state index contributed by atoms with van der Waals surface area (Å²) >= 11 is 6.00. The summed E-state index contributed by atoms with van der Waals surface area (Å²) in [6.07, 6.45) is 0. The Balaban J connectivity index is 2.02. The second kappa shape index (κ2) is 6.33. The average Bonchev–Trinajstić information content (AvgIpc) is 2.41. The van der Waals surface area contributed by atoms with E-state index >= 15 is 0 Å². The van der Waals surface area contributed by atoms with Crippen LogP contribution in [0.2, 0.25) is 5.02 Å². The summed E-state index contributed by atoms with van der Waals surface area (Å²) in [6.45, 7) is 0.493. The minimum atomic E-state index is -0.379. The first kappa shape index (κ1) is 13.5. The average molecular weight is 276 g/mol. The molecule has 2 rings (SSSR count). The van der Waals surface area contributed by atoms with E-state index in [1.165, 1.54) is 18.2 Å². The van der Waals surface area contributed by atoms with Crippen molar-refractivity contribution in [3.05, 3.63) is 70.0 Å². The number of nitriles is 1. The Morgan fingerprint density at radius 2 is 1.84 bits per heavy atom. The fourth-order valence-corrected chi connectivity index (χ4v) is 1.87. The van der Waals surface area contributed by atoms with Crippen LogP contribution in [0, 0.1) is 17.1 Å². The second-order valence-corrected chi connectivity index (χ2v) is 4.40. The maximum atomic E-state index is 13.1. The number of nitrogens with zero attached hydrogens (tertiary/aromatic N) is 1. The van der Waals surface area contributed by atoms with Gasteiger partial charge in [0.1, 0.15) is 5.82 Å². The van der Waals surface area contributed by atoms with Gasteiger partial charge in [-0.2, -0.15) is 5.26 Å². The molecule has 0 amide bonds. The van der Waals surface area contributed by atoms with Crippen molar-refractivity contribution in [3.63, 3.8) is 0 Å². The molecule has 4 heteroatoms. The highest BCUT2D eigenvalue weighted by Crippen LogP contribution is 2.17. The van der Waals surface area contributed by atoms with Crippen molar-refractivity contribution in [1.29, 1.82) is 5.26 Å². The highest BCUT2D eigenvalue weighted by Gasteiger charge is 2.05. The van der Waals surface area contributed by atoms with Gasteiger partial charge >= 0.3 is 0 Å². The van der Waals surface area contributed by atoms with Crippen molar-refractivity contribution < 1.29 is 9.13 Å². The van der Waals surface area contributed by atoms with Gasteiger partial charge in [-0.25, -0.2) is 4.39 Å². The van der Waals surface area contributed by atoms with E-state index in [0.29, 0.717) is 22.8 Å². The van der Waals surface area contributed by atoms with Gasteiger partial charge in [-0.05, 0) is 35.4 Å². The molecule has 0 saturated heterocycles. The third-order valence-electron chi connectivity index (χ3n) is 2.66. The van der Waals surface area contributed by atoms with Crippen molar-refractivity contribution >= 4 is 11.6 Å². The highest BCUT2D eigenvalue weighted by molar-refractivity contribution is 6.31. The molecular weight excluding hydrogens is 265 g/mol. The third-order valence-corrected chi connectivity index (χ3v) is 3.03. The van der Waals surface area contributed by atoms with Crippen LogP contribution in [0.15, 0.2) is 42.5 Å². The molecule has 0 aliphatic rings. The molecule has 0 N–H and O–H groups in total. The van der Waals surface area contributed by atoms with Gasteiger partial charge < -0.3 is 4.74 Å². The maximum absolute atomic E-state index is 13.1. The summed E-state index contributed by atoms with van der Waals surface area (Å²) in [5.74, 6) is -0.379. The molecule has 2 aromatic carbocycles. The molecule has 96 valence electrons. The number of halogens is 2. The summed E-state index contributed by atoms with van der Waals surface area (Å²) < 4.78 is 18.6. The van der Waals surface area contributed by atoms with Gasteiger partial charge in [0.15, 0.2) is 0 Å². The first-order chi connectivity index (χ1) is 9.20. The molecule has 0 spiro atoms. The predicted octanol–water partition coefficient (Wildman–Crippen LogP) is 4.07. The first-order valence-electron chi connectivity index (χ1n) is 5.70. The van der Waals surface area contributed by atoms with Crippen LogP contribution in [-0.2, 0) is 18.0 Å². The third kappa shape index (κ3) is 3.54. The Morgan fingerprint density at radius 1 is 1.11 bits per heavy atom. The van der Waals surface area contributed by atoms with Crippen LogP contribution in [-0.4, -0.2) is 0 Å². The topological polar surface area (TPSA) is 33.0 Å². The van der Waals surface area contributed by atoms with Gasteiger partial charge in [0.2, 0.25) is 0 Å². The van der Waals surface area contributed by atoms with E-state index in [9.17, 15) is 4.39 Å². The zero-order chi connectivity index (χ0) is 13.7. The van der Waals surface area contributed by atoms with Gasteiger partial charge in [0.05, 0.1) is 24.8 Å². The molecule has 19 heavy (non-hydrogen) atoms. The summed E-state index contributed by atoms with van der Waals surface area (Å²) in [7, 11) is 0. The molecule has 0 unspecified atom stereocenters. The lowest BCUT2D eigenvalue weighted by atomic mass is 10.1. The van der Waals surface area contributed by atoms with Crippen LogP contribution in [0.5, 0.6) is 0 Å². The summed E-state index contributed by atoms with van der Waals surface area (Å²) in [4.78, 5) is 0. The van der Waals surface area contributed by atoms with E-state index < -0.39 is 0 Å². The van der Waals surface area contributed by atoms with Crippen molar-refractivity contribution in [2.24, 2.45) is 0 Å². The molecular formula is C15H11ClFNO. The van der Waals surface area contributed by atoms with Crippen LogP contribution in [0.1, 0.15) is 16.7 Å². The maximum Gasteiger partial charge on any atom is 0.123 e. The minimum absolute atomic E-state index is 0.172. The molecule has 0 aromatic heterocycles. The standard InChI is InChI=1S/C15H11ClFNO/c16-15-4-2-1-3-12(15)9-19-10-13-7-14(17)6-5-11(13)8-18/h1-7H,9-10H2. The Bertz CT molecular complexity index is 622. The van der Waals surface area contributed by atoms with E-state index in [4.69, 9.17) is 21.6 Å². The largest absolute Gasteiger partial charge is 0.372 e. The first-order valence-corrected chi connectivity index (χ1v) is 6.08. The lowest BCUT2D eigenvalue weighted by Gasteiger charge is -2.07. The molecule has 2 aromatic rings. The summed E-state index contributed by atoms with van der Waals surface area (Å²) in [5.41, 5.74) is 1.81.